The van der Waals surface area contributed by atoms with E-state index in [0.29, 0.717) is 0 Å². The maximum absolute atomic E-state index is 12.5. The molecule has 12 nitrogen and oxygen atoms in total. The van der Waals surface area contributed by atoms with Crippen LogP contribution in [0.1, 0.15) is 50.8 Å². The van der Waals surface area contributed by atoms with Crippen LogP contribution in [0.4, 0.5) is 11.5 Å². The van der Waals surface area contributed by atoms with E-state index in [2.05, 4.69) is 10.4 Å². The van der Waals surface area contributed by atoms with Gasteiger partial charge in [0.2, 0.25) is 5.91 Å². The molecule has 0 saturated heterocycles. The van der Waals surface area contributed by atoms with E-state index in [1.165, 1.54) is 23.0 Å². The van der Waals surface area contributed by atoms with Gasteiger partial charge in [-0.15, -0.1) is 0 Å². The molecule has 2 heterocycles. The highest BCUT2D eigenvalue weighted by atomic mass is 16.6. The summed E-state index contributed by atoms with van der Waals surface area (Å²) in [5.41, 5.74) is -0.599. The van der Waals surface area contributed by atoms with Gasteiger partial charge in [-0.25, -0.2) is 4.79 Å². The van der Waals surface area contributed by atoms with Crippen LogP contribution in [0, 0.1) is 10.1 Å². The first-order valence-corrected chi connectivity index (χ1v) is 9.38. The number of benzene rings is 1. The molecule has 12 heteroatoms. The van der Waals surface area contributed by atoms with Crippen LogP contribution in [0.5, 0.6) is 0 Å². The van der Waals surface area contributed by atoms with Crippen molar-refractivity contribution in [3.8, 4) is 0 Å². The molecule has 3 rings (SSSR count). The Morgan fingerprint density at radius 1 is 1.26 bits per heavy atom. The Balaban J connectivity index is 1.62. The van der Waals surface area contributed by atoms with Crippen molar-refractivity contribution in [2.75, 3.05) is 18.5 Å². The molecule has 0 aliphatic carbocycles. The summed E-state index contributed by atoms with van der Waals surface area (Å²) in [5.74, 6) is -2.32. The highest BCUT2D eigenvalue weighted by Crippen LogP contribution is 2.30. The van der Waals surface area contributed by atoms with Crippen molar-refractivity contribution in [2.45, 2.75) is 19.8 Å². The Bertz CT molecular complexity index is 1090. The summed E-state index contributed by atoms with van der Waals surface area (Å²) >= 11 is 0. The average molecular weight is 429 g/mol. The Morgan fingerprint density at radius 2 is 2.00 bits per heavy atom. The lowest BCUT2D eigenvalue weighted by Gasteiger charge is -2.13. The van der Waals surface area contributed by atoms with E-state index in [4.69, 9.17) is 4.74 Å². The van der Waals surface area contributed by atoms with Crippen LogP contribution in [-0.2, 0) is 16.6 Å². The average Bonchev–Trinajstić information content (AvgIpc) is 3.20. The third kappa shape index (κ3) is 4.13. The molecular formula is C19H19N5O7. The summed E-state index contributed by atoms with van der Waals surface area (Å²) in [5, 5.41) is 17.6. The highest BCUT2D eigenvalue weighted by molar-refractivity contribution is 6.23. The summed E-state index contributed by atoms with van der Waals surface area (Å²) in [6, 6.07) is 3.86. The predicted octanol–water partition coefficient (Wildman–Crippen LogP) is 1.52. The molecular weight excluding hydrogens is 410 g/mol. The Morgan fingerprint density at radius 3 is 2.68 bits per heavy atom. The molecule has 0 radical (unpaired) electrons. The predicted molar refractivity (Wildman–Crippen MR) is 105 cm³/mol. The number of imide groups is 1. The molecule has 2 aromatic rings. The number of nitrogens with zero attached hydrogens (tertiary/aromatic N) is 4. The normalized spacial score (nSPS) is 12.6. The van der Waals surface area contributed by atoms with E-state index in [-0.39, 0.29) is 48.5 Å². The fourth-order valence-electron chi connectivity index (χ4n) is 3.21. The molecule has 1 aromatic carbocycles. The molecule has 1 N–H and O–H groups in total. The second kappa shape index (κ2) is 8.73. The summed E-state index contributed by atoms with van der Waals surface area (Å²) in [6.45, 7) is 1.73. The lowest BCUT2D eigenvalue weighted by molar-refractivity contribution is -0.385. The number of aromatic nitrogens is 2. The molecule has 0 atom stereocenters. The number of carbonyl (C=O) groups excluding carboxylic acids is 4. The number of nitro benzene ring substituents is 1. The van der Waals surface area contributed by atoms with Gasteiger partial charge in [-0.2, -0.15) is 5.10 Å². The van der Waals surface area contributed by atoms with Gasteiger partial charge in [0.1, 0.15) is 16.9 Å². The van der Waals surface area contributed by atoms with Gasteiger partial charge in [-0.3, -0.25) is 34.1 Å². The maximum atomic E-state index is 12.5. The van der Waals surface area contributed by atoms with Crippen molar-refractivity contribution in [2.24, 2.45) is 7.05 Å². The van der Waals surface area contributed by atoms with Crippen molar-refractivity contribution in [1.82, 2.24) is 14.7 Å². The first-order chi connectivity index (χ1) is 14.8. The van der Waals surface area contributed by atoms with E-state index >= 15 is 0 Å². The molecule has 162 valence electrons. The standard InChI is InChI=1S/C19H19N5O7/c1-3-31-19(28)12-10-20-22(2)16(12)21-14(25)8-5-9-23-17(26)11-6-4-7-13(24(29)30)15(11)18(23)27/h4,6-7,10H,3,5,8-9H2,1-2H3,(H,21,25). The number of anilines is 1. The Hall–Kier alpha value is -4.09. The van der Waals surface area contributed by atoms with E-state index in [9.17, 15) is 29.3 Å². The first-order valence-electron chi connectivity index (χ1n) is 9.38. The zero-order valence-electron chi connectivity index (χ0n) is 16.8. The molecule has 0 saturated carbocycles. The zero-order chi connectivity index (χ0) is 22.7. The zero-order valence-corrected chi connectivity index (χ0v) is 16.8. The van der Waals surface area contributed by atoms with Gasteiger partial charge in [0.25, 0.3) is 17.5 Å². The number of esters is 1. The number of nitro groups is 1. The van der Waals surface area contributed by atoms with E-state index in [1.54, 1.807) is 14.0 Å². The largest absolute Gasteiger partial charge is 0.462 e. The SMILES string of the molecule is CCOC(=O)c1cnn(C)c1NC(=O)CCCN1C(=O)c2cccc([N+](=O)[O-])c2C1=O. The number of aryl methyl sites for hydroxylation is 1. The van der Waals surface area contributed by atoms with Crippen LogP contribution in [0.3, 0.4) is 0 Å². The van der Waals surface area contributed by atoms with Crippen LogP contribution in [0.2, 0.25) is 0 Å². The lowest BCUT2D eigenvalue weighted by atomic mass is 10.1. The fraction of sp³-hybridized carbons (Fsp3) is 0.316. The third-order valence-corrected chi connectivity index (χ3v) is 4.65. The number of ether oxygens (including phenoxy) is 1. The van der Waals surface area contributed by atoms with Gasteiger partial charge in [0, 0.05) is 26.1 Å². The monoisotopic (exact) mass is 429 g/mol. The fourth-order valence-corrected chi connectivity index (χ4v) is 3.21. The molecule has 0 spiro atoms. The summed E-state index contributed by atoms with van der Waals surface area (Å²) in [4.78, 5) is 60.6. The van der Waals surface area contributed by atoms with Crippen molar-refractivity contribution in [3.63, 3.8) is 0 Å². The minimum absolute atomic E-state index is 0.0300. The number of carbonyl (C=O) groups is 4. The van der Waals surface area contributed by atoms with Crippen molar-refractivity contribution < 1.29 is 28.8 Å². The maximum Gasteiger partial charge on any atom is 0.343 e. The number of fused-ring (bicyclic) bond motifs is 1. The molecule has 0 fully saturated rings. The summed E-state index contributed by atoms with van der Waals surface area (Å²) in [6.07, 6.45) is 1.33. The van der Waals surface area contributed by atoms with Crippen molar-refractivity contribution >= 4 is 35.2 Å². The van der Waals surface area contributed by atoms with Gasteiger partial charge in [-0.05, 0) is 19.4 Å². The lowest BCUT2D eigenvalue weighted by Crippen LogP contribution is -2.31. The van der Waals surface area contributed by atoms with Gasteiger partial charge in [0.15, 0.2) is 0 Å². The molecule has 31 heavy (non-hydrogen) atoms. The number of hydrogen-bond donors (Lipinski definition) is 1. The van der Waals surface area contributed by atoms with Gasteiger partial charge in [-0.1, -0.05) is 6.07 Å². The van der Waals surface area contributed by atoms with Crippen LogP contribution in [0.15, 0.2) is 24.4 Å². The van der Waals surface area contributed by atoms with Crippen LogP contribution in [0.25, 0.3) is 0 Å². The van der Waals surface area contributed by atoms with Gasteiger partial charge in [0.05, 0.1) is 23.3 Å². The van der Waals surface area contributed by atoms with E-state index in [1.807, 2.05) is 0 Å². The molecule has 0 bridgehead atoms. The van der Waals surface area contributed by atoms with E-state index in [0.717, 1.165) is 11.0 Å². The van der Waals surface area contributed by atoms with Crippen LogP contribution >= 0.6 is 0 Å². The van der Waals surface area contributed by atoms with Crippen molar-refractivity contribution in [1.29, 1.82) is 0 Å². The quantitative estimate of drug-likeness (QED) is 0.287. The summed E-state index contributed by atoms with van der Waals surface area (Å²) in [7, 11) is 1.55. The smallest absolute Gasteiger partial charge is 0.343 e. The number of amides is 3. The molecule has 1 aromatic heterocycles. The second-order valence-electron chi connectivity index (χ2n) is 6.62. The number of nitrogens with one attached hydrogen (secondary N) is 1. The van der Waals surface area contributed by atoms with E-state index < -0.39 is 34.3 Å². The minimum Gasteiger partial charge on any atom is -0.462 e. The topological polar surface area (TPSA) is 154 Å². The minimum atomic E-state index is -0.760. The third-order valence-electron chi connectivity index (χ3n) is 4.65. The Kier molecular flexibility index (Phi) is 6.09. The number of rotatable bonds is 8. The summed E-state index contributed by atoms with van der Waals surface area (Å²) < 4.78 is 6.23. The molecule has 0 unspecified atom stereocenters. The molecule has 3 amide bonds. The molecule has 1 aliphatic rings. The van der Waals surface area contributed by atoms with Crippen LogP contribution < -0.4 is 5.32 Å². The van der Waals surface area contributed by atoms with Gasteiger partial charge >= 0.3 is 5.97 Å². The van der Waals surface area contributed by atoms with Crippen molar-refractivity contribution in [3.05, 3.63) is 51.2 Å². The second-order valence-corrected chi connectivity index (χ2v) is 6.62. The highest BCUT2D eigenvalue weighted by Gasteiger charge is 2.40. The molecule has 1 aliphatic heterocycles. The van der Waals surface area contributed by atoms with Crippen LogP contribution in [-0.4, -0.2) is 56.4 Å². The first kappa shape index (κ1) is 21.6. The number of hydrogen-bond acceptors (Lipinski definition) is 8. The Labute approximate surface area is 175 Å². The van der Waals surface area contributed by atoms with Gasteiger partial charge < -0.3 is 10.1 Å².